The Bertz CT molecular complexity index is 373. The zero-order chi connectivity index (χ0) is 13.0. The Morgan fingerprint density at radius 3 is 2.67 bits per heavy atom. The highest BCUT2D eigenvalue weighted by atomic mass is 19.1. The van der Waals surface area contributed by atoms with E-state index in [-0.39, 0.29) is 11.9 Å². The van der Waals surface area contributed by atoms with Crippen LogP contribution in [0.3, 0.4) is 0 Å². The first-order chi connectivity index (χ1) is 8.76. The van der Waals surface area contributed by atoms with Crippen molar-refractivity contribution >= 4 is 0 Å². The quantitative estimate of drug-likeness (QED) is 0.881. The minimum absolute atomic E-state index is 0.130. The van der Waals surface area contributed by atoms with Crippen LogP contribution in [0.15, 0.2) is 18.5 Å². The van der Waals surface area contributed by atoms with Gasteiger partial charge in [-0.1, -0.05) is 26.2 Å². The Balaban J connectivity index is 2.08. The van der Waals surface area contributed by atoms with E-state index in [1.165, 1.54) is 38.3 Å². The summed E-state index contributed by atoms with van der Waals surface area (Å²) in [5, 5.41) is 3.29. The molecule has 1 heterocycles. The normalized spacial score (nSPS) is 25.9. The molecule has 1 aromatic rings. The topological polar surface area (TPSA) is 24.9 Å². The molecule has 0 spiro atoms. The molecule has 3 heteroatoms. The van der Waals surface area contributed by atoms with E-state index in [1.54, 1.807) is 6.20 Å². The molecular formula is C15H23FN2. The van der Waals surface area contributed by atoms with Gasteiger partial charge in [-0.3, -0.25) is 4.98 Å². The largest absolute Gasteiger partial charge is 0.313 e. The second kappa shape index (κ2) is 6.28. The summed E-state index contributed by atoms with van der Waals surface area (Å²) in [6, 6.07) is 1.94. The highest BCUT2D eigenvalue weighted by Crippen LogP contribution is 2.38. The maximum Gasteiger partial charge on any atom is 0.146 e. The molecule has 2 rings (SSSR count). The lowest BCUT2D eigenvalue weighted by Gasteiger charge is -2.33. The zero-order valence-corrected chi connectivity index (χ0v) is 11.3. The van der Waals surface area contributed by atoms with Crippen molar-refractivity contribution in [2.24, 2.45) is 11.8 Å². The second-order valence-corrected chi connectivity index (χ2v) is 5.35. The van der Waals surface area contributed by atoms with Crippen molar-refractivity contribution in [3.8, 4) is 0 Å². The first-order valence-electron chi connectivity index (χ1n) is 7.03. The standard InChI is InChI=1S/C15H23FN2/c1-3-11-4-6-12(7-5-11)15(17-2)13-8-9-18-10-14(13)16/h8-12,15,17H,3-7H2,1-2H3. The summed E-state index contributed by atoms with van der Waals surface area (Å²) >= 11 is 0. The van der Waals surface area contributed by atoms with E-state index in [0.717, 1.165) is 11.5 Å². The van der Waals surface area contributed by atoms with Crippen molar-refractivity contribution < 1.29 is 4.39 Å². The third kappa shape index (κ3) is 2.89. The molecule has 18 heavy (non-hydrogen) atoms. The molecule has 1 unspecified atom stereocenters. The minimum atomic E-state index is -0.186. The Morgan fingerprint density at radius 1 is 1.39 bits per heavy atom. The minimum Gasteiger partial charge on any atom is -0.313 e. The van der Waals surface area contributed by atoms with Crippen molar-refractivity contribution in [2.75, 3.05) is 7.05 Å². The molecule has 1 saturated carbocycles. The van der Waals surface area contributed by atoms with Crippen LogP contribution in [0.2, 0.25) is 0 Å². The van der Waals surface area contributed by atoms with Gasteiger partial charge in [0.2, 0.25) is 0 Å². The fraction of sp³-hybridized carbons (Fsp3) is 0.667. The van der Waals surface area contributed by atoms with Crippen LogP contribution in [0.5, 0.6) is 0 Å². The molecule has 0 bridgehead atoms. The lowest BCUT2D eigenvalue weighted by Crippen LogP contribution is -2.29. The average molecular weight is 250 g/mol. The number of halogens is 1. The van der Waals surface area contributed by atoms with Crippen LogP contribution >= 0.6 is 0 Å². The Labute approximate surface area is 109 Å². The third-order valence-corrected chi connectivity index (χ3v) is 4.39. The van der Waals surface area contributed by atoms with Crippen LogP contribution in [0.4, 0.5) is 4.39 Å². The molecule has 0 radical (unpaired) electrons. The smallest absolute Gasteiger partial charge is 0.146 e. The summed E-state index contributed by atoms with van der Waals surface area (Å²) in [6.07, 6.45) is 9.24. The number of pyridine rings is 1. The van der Waals surface area contributed by atoms with Gasteiger partial charge in [0.15, 0.2) is 0 Å². The summed E-state index contributed by atoms with van der Waals surface area (Å²) in [7, 11) is 1.93. The van der Waals surface area contributed by atoms with Gasteiger partial charge < -0.3 is 5.32 Å². The predicted octanol–water partition coefficient (Wildman–Crippen LogP) is 3.70. The lowest BCUT2D eigenvalue weighted by atomic mass is 9.76. The summed E-state index contributed by atoms with van der Waals surface area (Å²) < 4.78 is 13.8. The van der Waals surface area contributed by atoms with Gasteiger partial charge in [0.25, 0.3) is 0 Å². The molecule has 1 fully saturated rings. The van der Waals surface area contributed by atoms with E-state index in [9.17, 15) is 4.39 Å². The molecule has 100 valence electrons. The van der Waals surface area contributed by atoms with E-state index in [4.69, 9.17) is 0 Å². The van der Waals surface area contributed by atoms with Gasteiger partial charge in [-0.2, -0.15) is 0 Å². The van der Waals surface area contributed by atoms with Crippen molar-refractivity contribution in [3.05, 3.63) is 29.8 Å². The van der Waals surface area contributed by atoms with Gasteiger partial charge in [0.05, 0.1) is 6.20 Å². The fourth-order valence-electron chi connectivity index (χ4n) is 3.21. The number of nitrogens with one attached hydrogen (secondary N) is 1. The SMILES string of the molecule is CCC1CCC(C(NC)c2ccncc2F)CC1. The molecule has 1 aliphatic carbocycles. The van der Waals surface area contributed by atoms with Gasteiger partial charge in [-0.25, -0.2) is 4.39 Å². The van der Waals surface area contributed by atoms with Gasteiger partial charge in [0, 0.05) is 17.8 Å². The van der Waals surface area contributed by atoms with Crippen molar-refractivity contribution in [2.45, 2.75) is 45.1 Å². The molecule has 1 aliphatic rings. The summed E-state index contributed by atoms with van der Waals surface area (Å²) in [4.78, 5) is 3.83. The first kappa shape index (κ1) is 13.5. The molecule has 1 N–H and O–H groups in total. The van der Waals surface area contributed by atoms with Gasteiger partial charge in [-0.15, -0.1) is 0 Å². The second-order valence-electron chi connectivity index (χ2n) is 5.35. The van der Waals surface area contributed by atoms with E-state index in [2.05, 4.69) is 17.2 Å². The molecule has 0 saturated heterocycles. The zero-order valence-electron chi connectivity index (χ0n) is 11.3. The van der Waals surface area contributed by atoms with Crippen LogP contribution in [0.1, 0.15) is 50.6 Å². The summed E-state index contributed by atoms with van der Waals surface area (Å²) in [5.74, 6) is 1.24. The maximum absolute atomic E-state index is 13.8. The van der Waals surface area contributed by atoms with E-state index in [1.807, 2.05) is 13.1 Å². The Kier molecular flexibility index (Phi) is 4.70. The number of hydrogen-bond acceptors (Lipinski definition) is 2. The van der Waals surface area contributed by atoms with Crippen LogP contribution < -0.4 is 5.32 Å². The summed E-state index contributed by atoms with van der Waals surface area (Å²) in [5.41, 5.74) is 0.771. The van der Waals surface area contributed by atoms with E-state index in [0.29, 0.717) is 5.92 Å². The average Bonchev–Trinajstić information content (AvgIpc) is 2.42. The van der Waals surface area contributed by atoms with Crippen molar-refractivity contribution in [1.82, 2.24) is 10.3 Å². The van der Waals surface area contributed by atoms with Crippen LogP contribution in [-0.4, -0.2) is 12.0 Å². The van der Waals surface area contributed by atoms with Gasteiger partial charge in [0.1, 0.15) is 5.82 Å². The molecular weight excluding hydrogens is 227 g/mol. The number of hydrogen-bond donors (Lipinski definition) is 1. The molecule has 0 amide bonds. The number of aromatic nitrogens is 1. The Hall–Kier alpha value is -0.960. The van der Waals surface area contributed by atoms with Crippen molar-refractivity contribution in [1.29, 1.82) is 0 Å². The Morgan fingerprint density at radius 2 is 2.11 bits per heavy atom. The third-order valence-electron chi connectivity index (χ3n) is 4.39. The summed E-state index contributed by atoms with van der Waals surface area (Å²) in [6.45, 7) is 2.27. The van der Waals surface area contributed by atoms with Crippen LogP contribution in [0.25, 0.3) is 0 Å². The highest BCUT2D eigenvalue weighted by Gasteiger charge is 2.28. The van der Waals surface area contributed by atoms with E-state index < -0.39 is 0 Å². The van der Waals surface area contributed by atoms with Gasteiger partial charge >= 0.3 is 0 Å². The molecule has 0 aliphatic heterocycles. The monoisotopic (exact) mass is 250 g/mol. The molecule has 0 aromatic carbocycles. The predicted molar refractivity (Wildman–Crippen MR) is 71.7 cm³/mol. The number of rotatable bonds is 4. The molecule has 1 aromatic heterocycles. The van der Waals surface area contributed by atoms with Gasteiger partial charge in [-0.05, 0) is 37.8 Å². The molecule has 2 nitrogen and oxygen atoms in total. The maximum atomic E-state index is 13.8. The van der Waals surface area contributed by atoms with Crippen molar-refractivity contribution in [3.63, 3.8) is 0 Å². The van der Waals surface area contributed by atoms with E-state index >= 15 is 0 Å². The van der Waals surface area contributed by atoms with Crippen LogP contribution in [0, 0.1) is 17.7 Å². The highest BCUT2D eigenvalue weighted by molar-refractivity contribution is 5.18. The lowest BCUT2D eigenvalue weighted by molar-refractivity contribution is 0.221. The number of nitrogens with zero attached hydrogens (tertiary/aromatic N) is 1. The molecule has 1 atom stereocenters. The van der Waals surface area contributed by atoms with Crippen LogP contribution in [-0.2, 0) is 0 Å². The first-order valence-corrected chi connectivity index (χ1v) is 7.03. The fourth-order valence-corrected chi connectivity index (χ4v) is 3.21.